The van der Waals surface area contributed by atoms with Crippen molar-refractivity contribution in [2.45, 2.75) is 51.7 Å². The second-order valence-electron chi connectivity index (χ2n) is 8.75. The molecule has 30 heavy (non-hydrogen) atoms. The van der Waals surface area contributed by atoms with Crippen molar-refractivity contribution in [3.05, 3.63) is 58.7 Å². The quantitative estimate of drug-likeness (QED) is 0.592. The van der Waals surface area contributed by atoms with Gasteiger partial charge in [-0.2, -0.15) is 0 Å². The van der Waals surface area contributed by atoms with Gasteiger partial charge in [-0.25, -0.2) is 0 Å². The third kappa shape index (κ3) is 3.20. The Morgan fingerprint density at radius 3 is 1.40 bits per heavy atom. The van der Waals surface area contributed by atoms with Crippen LogP contribution in [0.15, 0.2) is 36.4 Å². The Labute approximate surface area is 176 Å². The summed E-state index contributed by atoms with van der Waals surface area (Å²) in [6.45, 7) is 7.23. The molecule has 6 heteroatoms. The molecule has 0 fully saturated rings. The van der Waals surface area contributed by atoms with Crippen LogP contribution in [0.2, 0.25) is 0 Å². The molecule has 0 aromatic heterocycles. The Bertz CT molecular complexity index is 933. The summed E-state index contributed by atoms with van der Waals surface area (Å²) in [7, 11) is 0. The first kappa shape index (κ1) is 20.3. The lowest BCUT2D eigenvalue weighted by Gasteiger charge is -2.48. The van der Waals surface area contributed by atoms with Crippen molar-refractivity contribution in [1.29, 1.82) is 0 Å². The number of carbonyl (C=O) groups is 2. The number of hydrogen-bond acceptors (Lipinski definition) is 6. The predicted octanol–water partition coefficient (Wildman–Crippen LogP) is 3.58. The van der Waals surface area contributed by atoms with Gasteiger partial charge in [0.25, 0.3) is 0 Å². The van der Waals surface area contributed by atoms with Gasteiger partial charge in [0.1, 0.15) is 0 Å². The predicted molar refractivity (Wildman–Crippen MR) is 115 cm³/mol. The number of hydrogen-bond donors (Lipinski definition) is 2. The summed E-state index contributed by atoms with van der Waals surface area (Å²) in [6.07, 6.45) is -0.572. The fraction of sp³-hybridized carbons (Fsp3) is 0.417. The summed E-state index contributed by atoms with van der Waals surface area (Å²) in [4.78, 5) is 26.6. The molecule has 0 saturated heterocycles. The summed E-state index contributed by atoms with van der Waals surface area (Å²) in [6, 6.07) is 11.4. The van der Waals surface area contributed by atoms with Crippen LogP contribution in [0.4, 0.5) is 11.4 Å². The first-order chi connectivity index (χ1) is 14.2. The number of anilines is 2. The molecule has 2 aromatic carbocycles. The van der Waals surface area contributed by atoms with Crippen LogP contribution in [0, 0.1) is 11.8 Å². The third-order valence-corrected chi connectivity index (χ3v) is 5.92. The second-order valence-corrected chi connectivity index (χ2v) is 8.75. The maximum atomic E-state index is 13.3. The second kappa shape index (κ2) is 7.35. The number of esters is 2. The third-order valence-electron chi connectivity index (χ3n) is 5.92. The molecule has 158 valence electrons. The van der Waals surface area contributed by atoms with Crippen molar-refractivity contribution in [3.63, 3.8) is 0 Å². The summed E-state index contributed by atoms with van der Waals surface area (Å²) in [5.41, 5.74) is 17.3. The number of carbonyl (C=O) groups excluding carboxylic acids is 2. The zero-order chi connectivity index (χ0) is 21.7. The van der Waals surface area contributed by atoms with Crippen LogP contribution in [0.3, 0.4) is 0 Å². The maximum absolute atomic E-state index is 13.3. The highest BCUT2D eigenvalue weighted by molar-refractivity contribution is 5.88. The number of rotatable bonds is 4. The largest absolute Gasteiger partial charge is 0.463 e. The molecule has 0 amide bonds. The van der Waals surface area contributed by atoms with Crippen LogP contribution in [-0.2, 0) is 19.1 Å². The van der Waals surface area contributed by atoms with Gasteiger partial charge in [-0.3, -0.25) is 9.59 Å². The van der Waals surface area contributed by atoms with Crippen LogP contribution in [0.5, 0.6) is 0 Å². The molecule has 0 saturated carbocycles. The van der Waals surface area contributed by atoms with E-state index in [-0.39, 0.29) is 36.0 Å². The van der Waals surface area contributed by atoms with Gasteiger partial charge in [-0.15, -0.1) is 0 Å². The number of benzene rings is 2. The van der Waals surface area contributed by atoms with Crippen LogP contribution < -0.4 is 11.5 Å². The van der Waals surface area contributed by atoms with Gasteiger partial charge in [0, 0.05) is 23.2 Å². The SMILES string of the molecule is CC(C)OC(=O)[C@H]1C2c3ccc(N)cc3C(c3ccc(N)cc32)[C@@H]1C(=O)OC(C)C. The van der Waals surface area contributed by atoms with E-state index >= 15 is 0 Å². The van der Waals surface area contributed by atoms with Crippen LogP contribution in [-0.4, -0.2) is 24.1 Å². The van der Waals surface area contributed by atoms with E-state index in [0.29, 0.717) is 11.4 Å². The molecule has 3 aliphatic carbocycles. The van der Waals surface area contributed by atoms with Crippen molar-refractivity contribution < 1.29 is 19.1 Å². The van der Waals surface area contributed by atoms with E-state index in [2.05, 4.69) is 0 Å². The average molecular weight is 408 g/mol. The van der Waals surface area contributed by atoms with Gasteiger partial charge in [0.05, 0.1) is 24.0 Å². The minimum absolute atomic E-state index is 0.286. The minimum atomic E-state index is -0.686. The Kier molecular flexibility index (Phi) is 4.96. The first-order valence-corrected chi connectivity index (χ1v) is 10.4. The van der Waals surface area contributed by atoms with Gasteiger partial charge in [0.2, 0.25) is 0 Å². The van der Waals surface area contributed by atoms with Gasteiger partial charge in [0.15, 0.2) is 0 Å². The zero-order valence-electron chi connectivity index (χ0n) is 17.7. The van der Waals surface area contributed by atoms with E-state index in [0.717, 1.165) is 22.3 Å². The number of ether oxygens (including phenoxy) is 2. The van der Waals surface area contributed by atoms with Crippen LogP contribution in [0.1, 0.15) is 61.8 Å². The highest BCUT2D eigenvalue weighted by Gasteiger charge is 2.56. The van der Waals surface area contributed by atoms with Crippen LogP contribution in [0.25, 0.3) is 0 Å². The number of nitrogens with two attached hydrogens (primary N) is 2. The van der Waals surface area contributed by atoms with E-state index in [1.807, 2.05) is 36.4 Å². The molecule has 0 radical (unpaired) electrons. The van der Waals surface area contributed by atoms with Crippen molar-refractivity contribution in [2.75, 3.05) is 11.5 Å². The smallest absolute Gasteiger partial charge is 0.311 e. The molecular weight excluding hydrogens is 380 g/mol. The molecule has 4 N–H and O–H groups in total. The molecule has 0 aliphatic heterocycles. The lowest BCUT2D eigenvalue weighted by Crippen LogP contribution is -2.48. The van der Waals surface area contributed by atoms with Gasteiger partial charge in [-0.1, -0.05) is 12.1 Å². The molecule has 3 aliphatic rings. The highest BCUT2D eigenvalue weighted by atomic mass is 16.6. The zero-order valence-corrected chi connectivity index (χ0v) is 17.7. The van der Waals surface area contributed by atoms with Crippen molar-refractivity contribution in [2.24, 2.45) is 11.8 Å². The fourth-order valence-corrected chi connectivity index (χ4v) is 5.00. The molecule has 0 heterocycles. The fourth-order valence-electron chi connectivity index (χ4n) is 5.00. The molecule has 5 rings (SSSR count). The standard InChI is InChI=1S/C24H28N2O4/c1-11(2)29-23(27)21-19-15-7-5-14(26)10-18(15)20(22(21)24(28)30-12(3)4)16-8-6-13(25)9-17(16)19/h5-12,19-22H,25-26H2,1-4H3/t19?,20?,21-,22-/m0/s1. The van der Waals surface area contributed by atoms with Crippen LogP contribution >= 0.6 is 0 Å². The maximum Gasteiger partial charge on any atom is 0.311 e. The van der Waals surface area contributed by atoms with E-state index < -0.39 is 11.8 Å². The highest BCUT2D eigenvalue weighted by Crippen LogP contribution is 2.59. The summed E-state index contributed by atoms with van der Waals surface area (Å²) >= 11 is 0. The van der Waals surface area contributed by atoms with Crippen molar-refractivity contribution in [3.8, 4) is 0 Å². The molecule has 2 unspecified atom stereocenters. The molecule has 0 spiro atoms. The topological polar surface area (TPSA) is 105 Å². The van der Waals surface area contributed by atoms with Crippen molar-refractivity contribution in [1.82, 2.24) is 0 Å². The first-order valence-electron chi connectivity index (χ1n) is 10.4. The van der Waals surface area contributed by atoms with Gasteiger partial charge in [-0.05, 0) is 74.2 Å². The van der Waals surface area contributed by atoms with E-state index in [1.54, 1.807) is 27.7 Å². The Hall–Kier alpha value is -3.02. The lowest BCUT2D eigenvalue weighted by atomic mass is 9.54. The molecule has 4 atom stereocenters. The normalized spacial score (nSPS) is 23.8. The Morgan fingerprint density at radius 1 is 0.700 bits per heavy atom. The van der Waals surface area contributed by atoms with E-state index in [1.165, 1.54) is 0 Å². The molecule has 2 aromatic rings. The molecule has 2 bridgehead atoms. The minimum Gasteiger partial charge on any atom is -0.463 e. The lowest BCUT2D eigenvalue weighted by molar-refractivity contribution is -0.167. The Morgan fingerprint density at radius 2 is 1.07 bits per heavy atom. The van der Waals surface area contributed by atoms with E-state index in [9.17, 15) is 9.59 Å². The van der Waals surface area contributed by atoms with Gasteiger partial charge >= 0.3 is 11.9 Å². The van der Waals surface area contributed by atoms with Gasteiger partial charge < -0.3 is 20.9 Å². The Balaban J connectivity index is 1.95. The van der Waals surface area contributed by atoms with E-state index in [4.69, 9.17) is 20.9 Å². The molecule has 6 nitrogen and oxygen atoms in total. The average Bonchev–Trinajstić information content (AvgIpc) is 2.65. The summed E-state index contributed by atoms with van der Waals surface area (Å²) < 4.78 is 11.2. The number of fused-ring (bicyclic) bond motifs is 1. The monoisotopic (exact) mass is 408 g/mol. The summed E-state index contributed by atoms with van der Waals surface area (Å²) in [5, 5.41) is 0. The number of nitrogen functional groups attached to an aromatic ring is 2. The molecular formula is C24H28N2O4. The summed E-state index contributed by atoms with van der Waals surface area (Å²) in [5.74, 6) is -2.84. The van der Waals surface area contributed by atoms with Crippen molar-refractivity contribution >= 4 is 23.3 Å².